The first kappa shape index (κ1) is 18.4. The minimum atomic E-state index is -0.115. The summed E-state index contributed by atoms with van der Waals surface area (Å²) in [5.74, 6) is 0.781. The van der Waals surface area contributed by atoms with Crippen LogP contribution in [0.1, 0.15) is 46.1 Å². The molecule has 2 aromatic rings. The second-order valence-electron chi connectivity index (χ2n) is 6.99. The molecule has 1 aliphatic heterocycles. The minimum absolute atomic E-state index is 0.115. The van der Waals surface area contributed by atoms with Gasteiger partial charge in [0, 0.05) is 13.6 Å². The Bertz CT molecular complexity index is 757. The summed E-state index contributed by atoms with van der Waals surface area (Å²) in [5.41, 5.74) is 3.61. The SMILES string of the molecule is COc1c(C)cc(CN(C)C(=O)c2cn(C3CCNCC3)nn2)cc1C. The molecule has 7 nitrogen and oxygen atoms in total. The predicted molar refractivity (Wildman–Crippen MR) is 99.4 cm³/mol. The molecule has 1 aromatic carbocycles. The van der Waals surface area contributed by atoms with Gasteiger partial charge in [0.05, 0.1) is 19.3 Å². The van der Waals surface area contributed by atoms with E-state index in [4.69, 9.17) is 4.74 Å². The van der Waals surface area contributed by atoms with Gasteiger partial charge in [0.25, 0.3) is 5.91 Å². The molecule has 140 valence electrons. The van der Waals surface area contributed by atoms with Crippen LogP contribution < -0.4 is 10.1 Å². The number of piperidine rings is 1. The smallest absolute Gasteiger partial charge is 0.276 e. The van der Waals surface area contributed by atoms with Crippen molar-refractivity contribution in [1.82, 2.24) is 25.2 Å². The summed E-state index contributed by atoms with van der Waals surface area (Å²) < 4.78 is 7.24. The molecule has 1 saturated heterocycles. The summed E-state index contributed by atoms with van der Waals surface area (Å²) in [6, 6.07) is 4.44. The number of benzene rings is 1. The lowest BCUT2D eigenvalue weighted by molar-refractivity contribution is 0.0779. The molecule has 0 saturated carbocycles. The Labute approximate surface area is 154 Å². The average Bonchev–Trinajstić information content (AvgIpc) is 3.11. The number of amides is 1. The topological polar surface area (TPSA) is 72.3 Å². The van der Waals surface area contributed by atoms with E-state index in [2.05, 4.69) is 27.8 Å². The van der Waals surface area contributed by atoms with Crippen molar-refractivity contribution in [3.8, 4) is 5.75 Å². The van der Waals surface area contributed by atoms with Gasteiger partial charge in [-0.15, -0.1) is 5.10 Å². The molecule has 0 bridgehead atoms. The van der Waals surface area contributed by atoms with Crippen LogP contribution in [0.15, 0.2) is 18.3 Å². The highest BCUT2D eigenvalue weighted by Gasteiger charge is 2.21. The van der Waals surface area contributed by atoms with Crippen LogP contribution in [-0.2, 0) is 6.54 Å². The molecule has 1 N–H and O–H groups in total. The predicted octanol–water partition coefficient (Wildman–Crippen LogP) is 2.10. The Kier molecular flexibility index (Phi) is 5.56. The third-order valence-electron chi connectivity index (χ3n) is 4.90. The van der Waals surface area contributed by atoms with E-state index in [0.29, 0.717) is 18.3 Å². The lowest BCUT2D eigenvalue weighted by Crippen LogP contribution is -2.29. The monoisotopic (exact) mass is 357 g/mol. The van der Waals surface area contributed by atoms with Crippen LogP contribution in [0.5, 0.6) is 5.75 Å². The van der Waals surface area contributed by atoms with E-state index in [0.717, 1.165) is 48.4 Å². The fourth-order valence-electron chi connectivity index (χ4n) is 3.62. The van der Waals surface area contributed by atoms with Gasteiger partial charge in [0.2, 0.25) is 0 Å². The standard InChI is InChI=1S/C19H27N5O2/c1-13-9-15(10-14(2)18(13)26-4)11-23(3)19(25)17-12-24(22-21-17)16-5-7-20-8-6-16/h9-10,12,16,20H,5-8,11H2,1-4H3. The highest BCUT2D eigenvalue weighted by molar-refractivity contribution is 5.91. The number of methoxy groups -OCH3 is 1. The number of carbonyl (C=O) groups excluding carboxylic acids is 1. The Balaban J connectivity index is 1.69. The molecule has 2 heterocycles. The number of rotatable bonds is 5. The van der Waals surface area contributed by atoms with Crippen LogP contribution in [0.4, 0.5) is 0 Å². The zero-order chi connectivity index (χ0) is 18.7. The summed E-state index contributed by atoms with van der Waals surface area (Å²) in [7, 11) is 3.47. The first-order valence-corrected chi connectivity index (χ1v) is 9.01. The van der Waals surface area contributed by atoms with Crippen LogP contribution in [0.2, 0.25) is 0 Å². The molecular formula is C19H27N5O2. The van der Waals surface area contributed by atoms with Crippen LogP contribution >= 0.6 is 0 Å². The molecule has 0 unspecified atom stereocenters. The maximum absolute atomic E-state index is 12.7. The van der Waals surface area contributed by atoms with Crippen LogP contribution in [0.3, 0.4) is 0 Å². The lowest BCUT2D eigenvalue weighted by Gasteiger charge is -2.22. The largest absolute Gasteiger partial charge is 0.496 e. The number of carbonyl (C=O) groups is 1. The maximum Gasteiger partial charge on any atom is 0.276 e. The third-order valence-corrected chi connectivity index (χ3v) is 4.90. The summed E-state index contributed by atoms with van der Waals surface area (Å²) in [6.07, 6.45) is 3.80. The maximum atomic E-state index is 12.7. The molecule has 0 spiro atoms. The van der Waals surface area contributed by atoms with Crippen molar-refractivity contribution in [3.05, 3.63) is 40.7 Å². The van der Waals surface area contributed by atoms with E-state index in [1.165, 1.54) is 0 Å². The first-order chi connectivity index (χ1) is 12.5. The van der Waals surface area contributed by atoms with Gasteiger partial charge in [-0.1, -0.05) is 17.3 Å². The van der Waals surface area contributed by atoms with Crippen LogP contribution in [0.25, 0.3) is 0 Å². The number of nitrogens with zero attached hydrogens (tertiary/aromatic N) is 4. The molecule has 1 amide bonds. The summed E-state index contributed by atoms with van der Waals surface area (Å²) in [6.45, 7) is 6.50. The Morgan fingerprint density at radius 2 is 1.96 bits per heavy atom. The van der Waals surface area contributed by atoms with Crippen molar-refractivity contribution in [1.29, 1.82) is 0 Å². The van der Waals surface area contributed by atoms with Crippen molar-refractivity contribution in [2.45, 2.75) is 39.3 Å². The second-order valence-corrected chi connectivity index (χ2v) is 6.99. The molecule has 1 fully saturated rings. The van der Waals surface area contributed by atoms with Gasteiger partial charge >= 0.3 is 0 Å². The van der Waals surface area contributed by atoms with Gasteiger partial charge in [-0.05, 0) is 56.5 Å². The van der Waals surface area contributed by atoms with E-state index >= 15 is 0 Å². The number of ether oxygens (including phenoxy) is 1. The molecule has 0 radical (unpaired) electrons. The van der Waals surface area contributed by atoms with E-state index in [-0.39, 0.29) is 5.91 Å². The van der Waals surface area contributed by atoms with Gasteiger partial charge in [-0.25, -0.2) is 4.68 Å². The number of hydrogen-bond acceptors (Lipinski definition) is 5. The highest BCUT2D eigenvalue weighted by Crippen LogP contribution is 2.25. The molecule has 1 aromatic heterocycles. The molecule has 3 rings (SSSR count). The summed E-state index contributed by atoms with van der Waals surface area (Å²) >= 11 is 0. The van der Waals surface area contributed by atoms with Crippen LogP contribution in [0, 0.1) is 13.8 Å². The number of hydrogen-bond donors (Lipinski definition) is 1. The van der Waals surface area contributed by atoms with Crippen molar-refractivity contribution in [2.75, 3.05) is 27.2 Å². The van der Waals surface area contributed by atoms with E-state index < -0.39 is 0 Å². The summed E-state index contributed by atoms with van der Waals surface area (Å²) in [5, 5.41) is 11.6. The zero-order valence-electron chi connectivity index (χ0n) is 16.0. The fourth-order valence-corrected chi connectivity index (χ4v) is 3.62. The average molecular weight is 357 g/mol. The number of nitrogens with one attached hydrogen (secondary N) is 1. The minimum Gasteiger partial charge on any atom is -0.496 e. The van der Waals surface area contributed by atoms with E-state index in [1.807, 2.05) is 18.5 Å². The van der Waals surface area contributed by atoms with Gasteiger partial charge in [-0.2, -0.15) is 0 Å². The van der Waals surface area contributed by atoms with Gasteiger partial charge < -0.3 is 15.0 Å². The fraction of sp³-hybridized carbons (Fsp3) is 0.526. The normalized spacial score (nSPS) is 15.1. The molecular weight excluding hydrogens is 330 g/mol. The van der Waals surface area contributed by atoms with Crippen molar-refractivity contribution >= 4 is 5.91 Å². The molecule has 0 aliphatic carbocycles. The molecule has 7 heteroatoms. The number of aryl methyl sites for hydroxylation is 2. The second kappa shape index (κ2) is 7.86. The van der Waals surface area contributed by atoms with E-state index in [1.54, 1.807) is 25.3 Å². The van der Waals surface area contributed by atoms with Gasteiger partial charge in [0.15, 0.2) is 5.69 Å². The summed E-state index contributed by atoms with van der Waals surface area (Å²) in [4.78, 5) is 14.4. The van der Waals surface area contributed by atoms with Crippen molar-refractivity contribution in [3.63, 3.8) is 0 Å². The quantitative estimate of drug-likeness (QED) is 0.887. The zero-order valence-corrected chi connectivity index (χ0v) is 16.0. The number of aromatic nitrogens is 3. The Morgan fingerprint density at radius 1 is 1.31 bits per heavy atom. The van der Waals surface area contributed by atoms with Crippen molar-refractivity contribution < 1.29 is 9.53 Å². The van der Waals surface area contributed by atoms with Crippen molar-refractivity contribution in [2.24, 2.45) is 0 Å². The van der Waals surface area contributed by atoms with Crippen LogP contribution in [-0.4, -0.2) is 53.0 Å². The lowest BCUT2D eigenvalue weighted by atomic mass is 10.1. The van der Waals surface area contributed by atoms with Gasteiger partial charge in [0.1, 0.15) is 5.75 Å². The molecule has 26 heavy (non-hydrogen) atoms. The third kappa shape index (κ3) is 3.88. The highest BCUT2D eigenvalue weighted by atomic mass is 16.5. The Hall–Kier alpha value is -2.41. The molecule has 0 atom stereocenters. The Morgan fingerprint density at radius 3 is 2.58 bits per heavy atom. The molecule has 1 aliphatic rings. The first-order valence-electron chi connectivity index (χ1n) is 9.01. The van der Waals surface area contributed by atoms with E-state index in [9.17, 15) is 4.79 Å². The van der Waals surface area contributed by atoms with Gasteiger partial charge in [-0.3, -0.25) is 4.79 Å².